The predicted molar refractivity (Wildman–Crippen MR) is 55.2 cm³/mol. The Labute approximate surface area is 92.1 Å². The van der Waals surface area contributed by atoms with E-state index < -0.39 is 11.7 Å². The Morgan fingerprint density at radius 1 is 1.07 bits per heavy atom. The van der Waals surface area contributed by atoms with Crippen LogP contribution in [0, 0.1) is 0 Å². The standard InChI is InChI=1S/C11H12ClF3/c1-7(8(2)12)9-3-5-10(6-4-9)11(13,14)15/h3-8H,1-2H3. The highest BCUT2D eigenvalue weighted by molar-refractivity contribution is 6.20. The molecule has 0 N–H and O–H groups in total. The highest BCUT2D eigenvalue weighted by Gasteiger charge is 2.30. The van der Waals surface area contributed by atoms with Crippen LogP contribution in [0.25, 0.3) is 0 Å². The van der Waals surface area contributed by atoms with Crippen molar-refractivity contribution < 1.29 is 13.2 Å². The lowest BCUT2D eigenvalue weighted by atomic mass is 9.97. The minimum Gasteiger partial charge on any atom is -0.166 e. The van der Waals surface area contributed by atoms with Crippen LogP contribution >= 0.6 is 11.6 Å². The van der Waals surface area contributed by atoms with Gasteiger partial charge in [0.25, 0.3) is 0 Å². The van der Waals surface area contributed by atoms with E-state index in [0.29, 0.717) is 0 Å². The molecule has 0 fully saturated rings. The average molecular weight is 237 g/mol. The molecule has 0 spiro atoms. The highest BCUT2D eigenvalue weighted by Crippen LogP contribution is 2.31. The van der Waals surface area contributed by atoms with Crippen molar-refractivity contribution in [1.29, 1.82) is 0 Å². The molecule has 2 atom stereocenters. The van der Waals surface area contributed by atoms with Gasteiger partial charge in [0.05, 0.1) is 5.56 Å². The summed E-state index contributed by atoms with van der Waals surface area (Å²) in [4.78, 5) is 0. The first kappa shape index (κ1) is 12.4. The second-order valence-electron chi connectivity index (χ2n) is 3.59. The van der Waals surface area contributed by atoms with E-state index in [1.165, 1.54) is 12.1 Å². The number of alkyl halides is 4. The van der Waals surface area contributed by atoms with Crippen LogP contribution in [-0.4, -0.2) is 5.38 Å². The third-order valence-corrected chi connectivity index (χ3v) is 2.83. The van der Waals surface area contributed by atoms with Gasteiger partial charge in [0, 0.05) is 5.38 Å². The lowest BCUT2D eigenvalue weighted by Crippen LogP contribution is -2.07. The normalized spacial score (nSPS) is 16.1. The average Bonchev–Trinajstić information content (AvgIpc) is 2.15. The molecular weight excluding hydrogens is 225 g/mol. The lowest BCUT2D eigenvalue weighted by molar-refractivity contribution is -0.137. The number of hydrogen-bond donors (Lipinski definition) is 0. The summed E-state index contributed by atoms with van der Waals surface area (Å²) in [6, 6.07) is 5.13. The summed E-state index contributed by atoms with van der Waals surface area (Å²) >= 11 is 5.87. The van der Waals surface area contributed by atoms with Gasteiger partial charge in [-0.05, 0) is 30.5 Å². The third-order valence-electron chi connectivity index (χ3n) is 2.45. The van der Waals surface area contributed by atoms with Crippen LogP contribution in [0.5, 0.6) is 0 Å². The maximum Gasteiger partial charge on any atom is 0.416 e. The smallest absolute Gasteiger partial charge is 0.166 e. The Kier molecular flexibility index (Phi) is 3.66. The molecule has 1 rings (SSSR count). The van der Waals surface area contributed by atoms with Crippen LogP contribution in [0.15, 0.2) is 24.3 Å². The number of hydrogen-bond acceptors (Lipinski definition) is 0. The van der Waals surface area contributed by atoms with E-state index in [1.54, 1.807) is 0 Å². The molecule has 1 aromatic carbocycles. The second-order valence-corrected chi connectivity index (χ2v) is 4.27. The van der Waals surface area contributed by atoms with Crippen molar-refractivity contribution in [2.24, 2.45) is 0 Å². The number of rotatable bonds is 2. The molecule has 15 heavy (non-hydrogen) atoms. The molecule has 0 heterocycles. The van der Waals surface area contributed by atoms with Gasteiger partial charge in [0.2, 0.25) is 0 Å². The Morgan fingerprint density at radius 3 is 1.87 bits per heavy atom. The molecule has 1 aromatic rings. The zero-order valence-electron chi connectivity index (χ0n) is 8.48. The SMILES string of the molecule is CC(Cl)C(C)c1ccc(C(F)(F)F)cc1. The van der Waals surface area contributed by atoms with E-state index in [-0.39, 0.29) is 11.3 Å². The lowest BCUT2D eigenvalue weighted by Gasteiger charge is -2.15. The Balaban J connectivity index is 2.91. The number of halogens is 4. The van der Waals surface area contributed by atoms with Crippen LogP contribution < -0.4 is 0 Å². The molecule has 0 nitrogen and oxygen atoms in total. The quantitative estimate of drug-likeness (QED) is 0.666. The minimum atomic E-state index is -4.27. The molecule has 0 aliphatic rings. The van der Waals surface area contributed by atoms with Crippen molar-refractivity contribution in [3.63, 3.8) is 0 Å². The first-order valence-electron chi connectivity index (χ1n) is 4.63. The van der Waals surface area contributed by atoms with E-state index in [9.17, 15) is 13.2 Å². The zero-order chi connectivity index (χ0) is 11.6. The van der Waals surface area contributed by atoms with E-state index in [1.807, 2.05) is 13.8 Å². The van der Waals surface area contributed by atoms with Gasteiger partial charge in [-0.1, -0.05) is 19.1 Å². The summed E-state index contributed by atoms with van der Waals surface area (Å²) in [6.07, 6.45) is -4.27. The first-order valence-corrected chi connectivity index (χ1v) is 5.07. The topological polar surface area (TPSA) is 0 Å². The first-order chi connectivity index (χ1) is 6.82. The summed E-state index contributed by atoms with van der Waals surface area (Å²) in [7, 11) is 0. The highest BCUT2D eigenvalue weighted by atomic mass is 35.5. The van der Waals surface area contributed by atoms with Crippen molar-refractivity contribution in [2.45, 2.75) is 31.3 Å². The van der Waals surface area contributed by atoms with Gasteiger partial charge in [-0.15, -0.1) is 11.6 Å². The van der Waals surface area contributed by atoms with Crippen molar-refractivity contribution in [3.8, 4) is 0 Å². The fourth-order valence-electron chi connectivity index (χ4n) is 1.24. The summed E-state index contributed by atoms with van der Waals surface area (Å²) < 4.78 is 36.8. The second kappa shape index (κ2) is 4.44. The van der Waals surface area contributed by atoms with Crippen molar-refractivity contribution in [1.82, 2.24) is 0 Å². The van der Waals surface area contributed by atoms with Gasteiger partial charge in [-0.2, -0.15) is 13.2 Å². The van der Waals surface area contributed by atoms with Crippen molar-refractivity contribution >= 4 is 11.6 Å². The molecule has 4 heteroatoms. The van der Waals surface area contributed by atoms with Crippen LogP contribution in [0.2, 0.25) is 0 Å². The van der Waals surface area contributed by atoms with Gasteiger partial charge in [0.1, 0.15) is 0 Å². The zero-order valence-corrected chi connectivity index (χ0v) is 9.23. The van der Waals surface area contributed by atoms with Gasteiger partial charge in [-0.3, -0.25) is 0 Å². The Morgan fingerprint density at radius 2 is 1.53 bits per heavy atom. The predicted octanol–water partition coefficient (Wildman–Crippen LogP) is 4.44. The van der Waals surface area contributed by atoms with Crippen LogP contribution in [0.3, 0.4) is 0 Å². The van der Waals surface area contributed by atoms with E-state index >= 15 is 0 Å². The molecule has 84 valence electrons. The molecule has 0 saturated carbocycles. The molecule has 2 unspecified atom stereocenters. The maximum atomic E-state index is 12.3. The third kappa shape index (κ3) is 3.13. The Bertz CT molecular complexity index is 314. The van der Waals surface area contributed by atoms with E-state index in [4.69, 9.17) is 11.6 Å². The minimum absolute atomic E-state index is 0.0500. The molecule has 0 aromatic heterocycles. The van der Waals surface area contributed by atoms with Crippen LogP contribution in [0.4, 0.5) is 13.2 Å². The van der Waals surface area contributed by atoms with Gasteiger partial charge < -0.3 is 0 Å². The van der Waals surface area contributed by atoms with Crippen LogP contribution in [0.1, 0.15) is 30.9 Å². The van der Waals surface area contributed by atoms with Crippen molar-refractivity contribution in [3.05, 3.63) is 35.4 Å². The summed E-state index contributed by atoms with van der Waals surface area (Å²) in [5.74, 6) is 0.0500. The fraction of sp³-hybridized carbons (Fsp3) is 0.455. The molecule has 0 saturated heterocycles. The van der Waals surface area contributed by atoms with Crippen LogP contribution in [-0.2, 0) is 6.18 Å². The Hall–Kier alpha value is -0.700. The number of benzene rings is 1. The molecule has 0 aliphatic heterocycles. The van der Waals surface area contributed by atoms with Gasteiger partial charge in [-0.25, -0.2) is 0 Å². The largest absolute Gasteiger partial charge is 0.416 e. The maximum absolute atomic E-state index is 12.3. The summed E-state index contributed by atoms with van der Waals surface area (Å²) in [5.41, 5.74) is 0.200. The van der Waals surface area contributed by atoms with E-state index in [2.05, 4.69) is 0 Å². The van der Waals surface area contributed by atoms with Gasteiger partial charge in [0.15, 0.2) is 0 Å². The summed E-state index contributed by atoms with van der Waals surface area (Å²) in [5, 5.41) is -0.0956. The van der Waals surface area contributed by atoms with Crippen molar-refractivity contribution in [2.75, 3.05) is 0 Å². The molecule has 0 bridgehead atoms. The van der Waals surface area contributed by atoms with Gasteiger partial charge >= 0.3 is 6.18 Å². The molecular formula is C11H12ClF3. The fourth-order valence-corrected chi connectivity index (χ4v) is 1.39. The monoisotopic (exact) mass is 236 g/mol. The molecule has 0 amide bonds. The van der Waals surface area contributed by atoms with E-state index in [0.717, 1.165) is 17.7 Å². The summed E-state index contributed by atoms with van der Waals surface area (Å²) in [6.45, 7) is 3.71. The molecule has 0 radical (unpaired) electrons. The molecule has 0 aliphatic carbocycles.